The van der Waals surface area contributed by atoms with Gasteiger partial charge in [-0.25, -0.2) is 4.98 Å². The van der Waals surface area contributed by atoms with Crippen LogP contribution in [0, 0.1) is 16.0 Å². The molecule has 0 fully saturated rings. The molecule has 0 aliphatic heterocycles. The minimum atomic E-state index is -4.52. The molecule has 1 heterocycles. The molecule has 13 heteroatoms. The number of carbonyl (C=O) groups excluding carboxylic acids is 1. The smallest absolute Gasteiger partial charge is 0.344 e. The standard InChI is InChI=1S/C36H35F3N6O3S/c37-36(38,39)29-10-4-11-30(18-29)42-35(49)43(22-27-8-3-7-26-6-1-2-12-33(26)27)23-28(9-5-17-40)34(46)19-32-20-41-24-44(32)21-25-13-15-31(16-14-25)45(47)48/h1-4,6-8,10-16,18,20,24,28H,5,9,17,19,21-23,40H2,(H,42,49)/t28-/m0/s1. The number of non-ortho nitro benzene ring substituents is 1. The fourth-order valence-corrected chi connectivity index (χ4v) is 5.95. The molecule has 5 rings (SSSR count). The number of carbonyl (C=O) groups is 1. The summed E-state index contributed by atoms with van der Waals surface area (Å²) in [5, 5.41) is 16.2. The lowest BCUT2D eigenvalue weighted by atomic mass is 9.94. The Hall–Kier alpha value is -5.14. The number of alkyl halides is 3. The number of aromatic nitrogens is 2. The zero-order valence-electron chi connectivity index (χ0n) is 26.5. The number of nitrogens with one attached hydrogen (secondary N) is 1. The van der Waals surface area contributed by atoms with E-state index in [1.165, 1.54) is 24.3 Å². The molecule has 0 saturated heterocycles. The van der Waals surface area contributed by atoms with Crippen molar-refractivity contribution >= 4 is 45.3 Å². The molecule has 1 aromatic heterocycles. The number of ketones is 1. The Bertz CT molecular complexity index is 1920. The lowest BCUT2D eigenvalue weighted by molar-refractivity contribution is -0.384. The fourth-order valence-electron chi connectivity index (χ4n) is 5.70. The van der Waals surface area contributed by atoms with Gasteiger partial charge >= 0.3 is 6.18 Å². The summed E-state index contributed by atoms with van der Waals surface area (Å²) in [6, 6.07) is 24.8. The quantitative estimate of drug-likeness (QED) is 0.0705. The van der Waals surface area contributed by atoms with Gasteiger partial charge in [0.05, 0.1) is 16.8 Å². The van der Waals surface area contributed by atoms with Crippen LogP contribution < -0.4 is 11.1 Å². The maximum absolute atomic E-state index is 14.0. The lowest BCUT2D eigenvalue weighted by Crippen LogP contribution is -2.40. The number of fused-ring (bicyclic) bond motifs is 1. The Morgan fingerprint density at radius 3 is 2.51 bits per heavy atom. The highest BCUT2D eigenvalue weighted by Crippen LogP contribution is 2.31. The van der Waals surface area contributed by atoms with Crippen LogP contribution in [0.5, 0.6) is 0 Å². The first-order valence-electron chi connectivity index (χ1n) is 15.7. The van der Waals surface area contributed by atoms with E-state index in [-0.39, 0.29) is 35.2 Å². The molecule has 0 saturated carbocycles. The van der Waals surface area contributed by atoms with E-state index < -0.39 is 22.6 Å². The summed E-state index contributed by atoms with van der Waals surface area (Å²) in [5.74, 6) is -0.578. The molecule has 254 valence electrons. The van der Waals surface area contributed by atoms with Crippen LogP contribution >= 0.6 is 12.2 Å². The molecule has 1 atom stereocenters. The van der Waals surface area contributed by atoms with Gasteiger partial charge in [0, 0.05) is 61.7 Å². The minimum absolute atomic E-state index is 0.0129. The first-order valence-corrected chi connectivity index (χ1v) is 16.1. The Balaban J connectivity index is 1.40. The molecule has 0 bridgehead atoms. The van der Waals surface area contributed by atoms with Gasteiger partial charge in [-0.2, -0.15) is 13.2 Å². The van der Waals surface area contributed by atoms with Crippen LogP contribution in [0.15, 0.2) is 104 Å². The Morgan fingerprint density at radius 1 is 1.04 bits per heavy atom. The fraction of sp³-hybridized carbons (Fsp3) is 0.250. The second kappa shape index (κ2) is 15.8. The number of nitro benzene ring substituents is 1. The third kappa shape index (κ3) is 9.27. The maximum Gasteiger partial charge on any atom is 0.416 e. The van der Waals surface area contributed by atoms with E-state index in [1.54, 1.807) is 24.7 Å². The Labute approximate surface area is 286 Å². The lowest BCUT2D eigenvalue weighted by Gasteiger charge is -2.30. The molecule has 0 radical (unpaired) electrons. The van der Waals surface area contributed by atoms with E-state index in [1.807, 2.05) is 51.9 Å². The number of Topliss-reactive ketones (excluding diaryl/α,β-unsaturated/α-hetero) is 1. The van der Waals surface area contributed by atoms with E-state index in [4.69, 9.17) is 18.0 Å². The maximum atomic E-state index is 14.0. The molecule has 5 aromatic rings. The van der Waals surface area contributed by atoms with Gasteiger partial charge in [-0.15, -0.1) is 0 Å². The summed E-state index contributed by atoms with van der Waals surface area (Å²) in [6.45, 7) is 1.24. The van der Waals surface area contributed by atoms with Crippen molar-refractivity contribution in [2.75, 3.05) is 18.4 Å². The highest BCUT2D eigenvalue weighted by atomic mass is 32.1. The molecular weight excluding hydrogens is 653 g/mol. The predicted molar refractivity (Wildman–Crippen MR) is 187 cm³/mol. The zero-order chi connectivity index (χ0) is 35.0. The predicted octanol–water partition coefficient (Wildman–Crippen LogP) is 7.38. The number of hydrogen-bond donors (Lipinski definition) is 2. The van der Waals surface area contributed by atoms with E-state index in [9.17, 15) is 28.1 Å². The normalized spacial score (nSPS) is 12.1. The molecule has 9 nitrogen and oxygen atoms in total. The molecule has 0 aliphatic carbocycles. The summed E-state index contributed by atoms with van der Waals surface area (Å²) in [6.07, 6.45) is -0.167. The first kappa shape index (κ1) is 35.2. The molecule has 0 unspecified atom stereocenters. The summed E-state index contributed by atoms with van der Waals surface area (Å²) >= 11 is 5.81. The van der Waals surface area contributed by atoms with Crippen LogP contribution in [0.25, 0.3) is 10.8 Å². The number of anilines is 1. The van der Waals surface area contributed by atoms with E-state index in [2.05, 4.69) is 10.3 Å². The summed E-state index contributed by atoms with van der Waals surface area (Å²) in [5.41, 5.74) is 7.66. The largest absolute Gasteiger partial charge is 0.416 e. The SMILES string of the molecule is NCCC[C@@H](CN(Cc1cccc2ccccc12)C(=S)Nc1cccc(C(F)(F)F)c1)C(=O)Cc1cncn1Cc1ccc([N+](=O)[O-])cc1. The number of nitrogens with zero attached hydrogens (tertiary/aromatic N) is 4. The van der Waals surface area contributed by atoms with Gasteiger partial charge in [-0.05, 0) is 71.7 Å². The summed E-state index contributed by atoms with van der Waals surface area (Å²) < 4.78 is 42.3. The molecular formula is C36H35F3N6O3S. The van der Waals surface area contributed by atoms with Crippen molar-refractivity contribution < 1.29 is 22.9 Å². The number of halogens is 3. The molecule has 49 heavy (non-hydrogen) atoms. The van der Waals surface area contributed by atoms with Gasteiger partial charge in [-0.3, -0.25) is 14.9 Å². The third-order valence-electron chi connectivity index (χ3n) is 8.28. The van der Waals surface area contributed by atoms with Crippen molar-refractivity contribution in [2.45, 2.75) is 38.5 Å². The van der Waals surface area contributed by atoms with Crippen LogP contribution in [0.2, 0.25) is 0 Å². The number of benzene rings is 4. The van der Waals surface area contributed by atoms with Crippen LogP contribution in [-0.2, 0) is 30.5 Å². The molecule has 0 aliphatic rings. The topological polar surface area (TPSA) is 119 Å². The van der Waals surface area contributed by atoms with Crippen molar-refractivity contribution in [3.63, 3.8) is 0 Å². The van der Waals surface area contributed by atoms with Crippen molar-refractivity contribution in [3.8, 4) is 0 Å². The van der Waals surface area contributed by atoms with Crippen LogP contribution in [0.1, 0.15) is 35.2 Å². The van der Waals surface area contributed by atoms with Crippen LogP contribution in [0.4, 0.5) is 24.5 Å². The highest BCUT2D eigenvalue weighted by Gasteiger charge is 2.31. The van der Waals surface area contributed by atoms with Crippen molar-refractivity contribution in [1.29, 1.82) is 0 Å². The number of thiocarbonyl (C=S) groups is 1. The second-order valence-electron chi connectivity index (χ2n) is 11.7. The van der Waals surface area contributed by atoms with E-state index >= 15 is 0 Å². The summed E-state index contributed by atoms with van der Waals surface area (Å²) in [4.78, 5) is 30.7. The molecule has 0 amide bonds. The van der Waals surface area contributed by atoms with E-state index in [0.717, 1.165) is 34.0 Å². The summed E-state index contributed by atoms with van der Waals surface area (Å²) in [7, 11) is 0. The van der Waals surface area contributed by atoms with Crippen LogP contribution in [0.3, 0.4) is 0 Å². The Kier molecular flexibility index (Phi) is 11.4. The number of nitrogens with two attached hydrogens (primary N) is 1. The van der Waals surface area contributed by atoms with Crippen molar-refractivity contribution in [2.24, 2.45) is 11.7 Å². The number of rotatable bonds is 14. The number of hydrogen-bond acceptors (Lipinski definition) is 6. The number of nitro groups is 1. The van der Waals surface area contributed by atoms with Gasteiger partial charge < -0.3 is 20.5 Å². The van der Waals surface area contributed by atoms with Gasteiger partial charge in [0.2, 0.25) is 0 Å². The first-order chi connectivity index (χ1) is 23.5. The van der Waals surface area contributed by atoms with Crippen molar-refractivity contribution in [1.82, 2.24) is 14.5 Å². The van der Waals surface area contributed by atoms with E-state index in [0.29, 0.717) is 38.2 Å². The highest BCUT2D eigenvalue weighted by molar-refractivity contribution is 7.80. The molecule has 0 spiro atoms. The molecule has 4 aromatic carbocycles. The van der Waals surface area contributed by atoms with Gasteiger partial charge in [0.25, 0.3) is 5.69 Å². The van der Waals surface area contributed by atoms with Crippen LogP contribution in [-0.4, -0.2) is 43.4 Å². The minimum Gasteiger partial charge on any atom is -0.344 e. The molecule has 3 N–H and O–H groups in total. The van der Waals surface area contributed by atoms with Crippen molar-refractivity contribution in [3.05, 3.63) is 136 Å². The average molecular weight is 689 g/mol. The van der Waals surface area contributed by atoms with Gasteiger partial charge in [0.1, 0.15) is 5.78 Å². The Morgan fingerprint density at radius 2 is 1.78 bits per heavy atom. The third-order valence-corrected chi connectivity index (χ3v) is 8.64. The average Bonchev–Trinajstić information content (AvgIpc) is 3.51. The second-order valence-corrected chi connectivity index (χ2v) is 12.1. The van der Waals surface area contributed by atoms with Gasteiger partial charge in [-0.1, -0.05) is 60.7 Å². The monoisotopic (exact) mass is 688 g/mol. The van der Waals surface area contributed by atoms with Gasteiger partial charge in [0.15, 0.2) is 5.11 Å². The zero-order valence-corrected chi connectivity index (χ0v) is 27.3. The number of imidazole rings is 1.